The summed E-state index contributed by atoms with van der Waals surface area (Å²) in [6, 6.07) is 4.73. The number of methoxy groups -OCH3 is 1. The minimum absolute atomic E-state index is 0.123. The Morgan fingerprint density at radius 1 is 1.50 bits per heavy atom. The van der Waals surface area contributed by atoms with E-state index in [9.17, 15) is 9.18 Å². The van der Waals surface area contributed by atoms with E-state index in [1.165, 1.54) is 19.2 Å². The first-order chi connectivity index (χ1) is 8.56. The zero-order valence-electron chi connectivity index (χ0n) is 10.9. The Kier molecular flexibility index (Phi) is 5.58. The average Bonchev–Trinajstić information content (AvgIpc) is 2.36. The molecule has 100 valence electrons. The molecule has 0 aliphatic heterocycles. The second-order valence-corrected chi connectivity index (χ2v) is 4.14. The Bertz CT molecular complexity index is 410. The second-order valence-electron chi connectivity index (χ2n) is 4.14. The second kappa shape index (κ2) is 6.96. The van der Waals surface area contributed by atoms with E-state index in [-0.39, 0.29) is 24.1 Å². The molecule has 5 heteroatoms. The van der Waals surface area contributed by atoms with Crippen LogP contribution < -0.4 is 15.4 Å². The third kappa shape index (κ3) is 4.33. The summed E-state index contributed by atoms with van der Waals surface area (Å²) >= 11 is 0. The lowest BCUT2D eigenvalue weighted by Crippen LogP contribution is -2.37. The van der Waals surface area contributed by atoms with Crippen LogP contribution >= 0.6 is 0 Å². The van der Waals surface area contributed by atoms with Crippen molar-refractivity contribution in [3.63, 3.8) is 0 Å². The maximum absolute atomic E-state index is 13.4. The number of hydrogen-bond acceptors (Lipinski definition) is 3. The highest BCUT2D eigenvalue weighted by molar-refractivity contribution is 5.78. The van der Waals surface area contributed by atoms with Crippen LogP contribution in [0.1, 0.15) is 12.5 Å². The van der Waals surface area contributed by atoms with Crippen LogP contribution in [0.5, 0.6) is 5.75 Å². The Labute approximate surface area is 107 Å². The van der Waals surface area contributed by atoms with Crippen molar-refractivity contribution in [3.8, 4) is 5.75 Å². The van der Waals surface area contributed by atoms with Crippen molar-refractivity contribution in [2.24, 2.45) is 0 Å². The van der Waals surface area contributed by atoms with Crippen LogP contribution in [-0.4, -0.2) is 32.7 Å². The molecule has 1 amide bonds. The first kappa shape index (κ1) is 14.4. The van der Waals surface area contributed by atoms with Crippen molar-refractivity contribution >= 4 is 5.91 Å². The maximum Gasteiger partial charge on any atom is 0.224 e. The standard InChI is InChI=1S/C13H19FN2O2/c1-9(15-2)8-16-13(17)7-10-4-5-12(18-3)11(14)6-10/h4-6,9,15H,7-8H2,1-3H3,(H,16,17). The molecule has 18 heavy (non-hydrogen) atoms. The third-order valence-corrected chi connectivity index (χ3v) is 2.68. The molecule has 0 aliphatic carbocycles. The fraction of sp³-hybridized carbons (Fsp3) is 0.462. The number of likely N-dealkylation sites (N-methyl/N-ethyl adjacent to an activating group) is 1. The molecule has 4 nitrogen and oxygen atoms in total. The molecule has 1 aromatic rings. The average molecular weight is 254 g/mol. The van der Waals surface area contributed by atoms with E-state index in [1.807, 2.05) is 14.0 Å². The summed E-state index contributed by atoms with van der Waals surface area (Å²) in [6.07, 6.45) is 0.164. The molecule has 0 bridgehead atoms. The Balaban J connectivity index is 2.52. The van der Waals surface area contributed by atoms with Gasteiger partial charge in [-0.1, -0.05) is 6.07 Å². The zero-order chi connectivity index (χ0) is 13.5. The van der Waals surface area contributed by atoms with Gasteiger partial charge in [0.25, 0.3) is 0 Å². The molecule has 0 saturated carbocycles. The number of amides is 1. The van der Waals surface area contributed by atoms with Crippen molar-refractivity contribution in [1.82, 2.24) is 10.6 Å². The summed E-state index contributed by atoms with van der Waals surface area (Å²) < 4.78 is 18.2. The number of rotatable bonds is 6. The van der Waals surface area contributed by atoms with Crippen molar-refractivity contribution < 1.29 is 13.9 Å². The van der Waals surface area contributed by atoms with Gasteiger partial charge in [0.05, 0.1) is 13.5 Å². The summed E-state index contributed by atoms with van der Waals surface area (Å²) in [5.74, 6) is -0.393. The highest BCUT2D eigenvalue weighted by Gasteiger charge is 2.08. The van der Waals surface area contributed by atoms with Gasteiger partial charge in [-0.2, -0.15) is 0 Å². The van der Waals surface area contributed by atoms with E-state index in [0.717, 1.165) is 0 Å². The maximum atomic E-state index is 13.4. The summed E-state index contributed by atoms with van der Waals surface area (Å²) in [7, 11) is 3.24. The molecule has 0 aliphatic rings. The molecule has 0 spiro atoms. The number of halogens is 1. The van der Waals surface area contributed by atoms with Crippen molar-refractivity contribution in [3.05, 3.63) is 29.6 Å². The molecule has 0 heterocycles. The highest BCUT2D eigenvalue weighted by Crippen LogP contribution is 2.17. The number of ether oxygens (including phenoxy) is 1. The van der Waals surface area contributed by atoms with E-state index in [2.05, 4.69) is 10.6 Å². The van der Waals surface area contributed by atoms with Gasteiger partial charge in [-0.25, -0.2) is 4.39 Å². The fourth-order valence-electron chi connectivity index (χ4n) is 1.44. The van der Waals surface area contributed by atoms with Crippen LogP contribution in [0.3, 0.4) is 0 Å². The van der Waals surface area contributed by atoms with Gasteiger partial charge in [-0.3, -0.25) is 4.79 Å². The normalized spacial score (nSPS) is 12.0. The lowest BCUT2D eigenvalue weighted by atomic mass is 10.1. The van der Waals surface area contributed by atoms with E-state index >= 15 is 0 Å². The van der Waals surface area contributed by atoms with Crippen LogP contribution in [0, 0.1) is 5.82 Å². The molecular weight excluding hydrogens is 235 g/mol. The van der Waals surface area contributed by atoms with Crippen molar-refractivity contribution in [1.29, 1.82) is 0 Å². The number of carbonyl (C=O) groups is 1. The summed E-state index contributed by atoms with van der Waals surface area (Å²) in [5, 5.41) is 5.79. The van der Waals surface area contributed by atoms with Gasteiger partial charge in [0, 0.05) is 12.6 Å². The van der Waals surface area contributed by atoms with E-state index in [4.69, 9.17) is 4.74 Å². The SMILES string of the molecule is CNC(C)CNC(=O)Cc1ccc(OC)c(F)c1. The Morgan fingerprint density at radius 3 is 2.78 bits per heavy atom. The largest absolute Gasteiger partial charge is 0.494 e. The van der Waals surface area contributed by atoms with Crippen LogP contribution in [-0.2, 0) is 11.2 Å². The molecule has 0 aromatic heterocycles. The van der Waals surface area contributed by atoms with E-state index < -0.39 is 5.82 Å². The lowest BCUT2D eigenvalue weighted by molar-refractivity contribution is -0.120. The molecular formula is C13H19FN2O2. The molecule has 0 saturated heterocycles. The minimum Gasteiger partial charge on any atom is -0.494 e. The van der Waals surface area contributed by atoms with Gasteiger partial charge < -0.3 is 15.4 Å². The van der Waals surface area contributed by atoms with Gasteiger partial charge in [-0.05, 0) is 31.7 Å². The van der Waals surface area contributed by atoms with E-state index in [1.54, 1.807) is 6.07 Å². The number of benzene rings is 1. The smallest absolute Gasteiger partial charge is 0.224 e. The lowest BCUT2D eigenvalue weighted by Gasteiger charge is -2.11. The van der Waals surface area contributed by atoms with Crippen LogP contribution in [0.25, 0.3) is 0 Å². The molecule has 2 N–H and O–H groups in total. The topological polar surface area (TPSA) is 50.4 Å². The fourth-order valence-corrected chi connectivity index (χ4v) is 1.44. The van der Waals surface area contributed by atoms with Gasteiger partial charge in [0.1, 0.15) is 0 Å². The van der Waals surface area contributed by atoms with Crippen molar-refractivity contribution in [2.45, 2.75) is 19.4 Å². The zero-order valence-corrected chi connectivity index (χ0v) is 10.9. The highest BCUT2D eigenvalue weighted by atomic mass is 19.1. The predicted molar refractivity (Wildman–Crippen MR) is 68.2 cm³/mol. The van der Waals surface area contributed by atoms with Crippen LogP contribution in [0.15, 0.2) is 18.2 Å². The van der Waals surface area contributed by atoms with Crippen molar-refractivity contribution in [2.75, 3.05) is 20.7 Å². The van der Waals surface area contributed by atoms with Gasteiger partial charge in [0.15, 0.2) is 11.6 Å². The summed E-state index contributed by atoms with van der Waals surface area (Å²) in [6.45, 7) is 2.52. The van der Waals surface area contributed by atoms with Crippen LogP contribution in [0.4, 0.5) is 4.39 Å². The molecule has 1 atom stereocenters. The molecule has 0 radical (unpaired) electrons. The third-order valence-electron chi connectivity index (χ3n) is 2.68. The molecule has 1 rings (SSSR count). The number of hydrogen-bond donors (Lipinski definition) is 2. The Hall–Kier alpha value is -1.62. The number of carbonyl (C=O) groups excluding carboxylic acids is 1. The first-order valence-corrected chi connectivity index (χ1v) is 5.83. The van der Waals surface area contributed by atoms with Gasteiger partial charge in [0.2, 0.25) is 5.91 Å². The summed E-state index contributed by atoms with van der Waals surface area (Å²) in [4.78, 5) is 11.6. The van der Waals surface area contributed by atoms with Gasteiger partial charge >= 0.3 is 0 Å². The molecule has 1 unspecified atom stereocenters. The van der Waals surface area contributed by atoms with E-state index in [0.29, 0.717) is 12.1 Å². The molecule has 0 fully saturated rings. The number of nitrogens with one attached hydrogen (secondary N) is 2. The monoisotopic (exact) mass is 254 g/mol. The first-order valence-electron chi connectivity index (χ1n) is 5.83. The predicted octanol–water partition coefficient (Wildman–Crippen LogP) is 1.10. The molecule has 1 aromatic carbocycles. The Morgan fingerprint density at radius 2 is 2.22 bits per heavy atom. The quantitative estimate of drug-likeness (QED) is 0.799. The van der Waals surface area contributed by atoms with Crippen LogP contribution in [0.2, 0.25) is 0 Å². The minimum atomic E-state index is -0.452. The van der Waals surface area contributed by atoms with Gasteiger partial charge in [-0.15, -0.1) is 0 Å². The summed E-state index contributed by atoms with van der Waals surface area (Å²) in [5.41, 5.74) is 0.628.